The highest BCUT2D eigenvalue weighted by atomic mass is 35.5. The molecule has 0 aliphatic carbocycles. The number of quaternary nitrogens is 1. The molecule has 4 atom stereocenters. The van der Waals surface area contributed by atoms with Crippen molar-refractivity contribution < 1.29 is 47.0 Å². The van der Waals surface area contributed by atoms with Gasteiger partial charge in [-0.2, -0.15) is 0 Å². The summed E-state index contributed by atoms with van der Waals surface area (Å²) in [5.41, 5.74) is 3.05. The van der Waals surface area contributed by atoms with Crippen molar-refractivity contribution >= 4 is 48.6 Å². The van der Waals surface area contributed by atoms with Crippen LogP contribution in [0.2, 0.25) is 5.02 Å². The van der Waals surface area contributed by atoms with Crippen LogP contribution in [0, 0.1) is 0 Å². The summed E-state index contributed by atoms with van der Waals surface area (Å²) in [6, 6.07) is 18.5. The monoisotopic (exact) mass is 762 g/mol. The molecule has 7 rings (SSSR count). The van der Waals surface area contributed by atoms with Crippen LogP contribution in [-0.2, 0) is 38.6 Å². The molecule has 3 fully saturated rings. The van der Waals surface area contributed by atoms with E-state index in [2.05, 4.69) is 0 Å². The van der Waals surface area contributed by atoms with Gasteiger partial charge in [-0.25, -0.2) is 4.79 Å². The predicted octanol–water partition coefficient (Wildman–Crippen LogP) is 3.62. The summed E-state index contributed by atoms with van der Waals surface area (Å²) in [5, 5.41) is -0.307. The van der Waals surface area contributed by atoms with Crippen LogP contribution in [0.15, 0.2) is 71.9 Å². The van der Waals surface area contributed by atoms with Gasteiger partial charge in [0.15, 0.2) is 11.5 Å². The average molecular weight is 763 g/mol. The molecule has 0 radical (unpaired) electrons. The van der Waals surface area contributed by atoms with Crippen molar-refractivity contribution in [3.05, 3.63) is 93.6 Å². The van der Waals surface area contributed by atoms with Gasteiger partial charge >= 0.3 is 14.0 Å². The molecule has 53 heavy (non-hydrogen) atoms. The second kappa shape index (κ2) is 15.5. The van der Waals surface area contributed by atoms with Gasteiger partial charge in [0.1, 0.15) is 48.7 Å². The number of benzene rings is 3. The Balaban J connectivity index is 1.11. The summed E-state index contributed by atoms with van der Waals surface area (Å²) < 4.78 is 41.9. The third-order valence-corrected chi connectivity index (χ3v) is 12.8. The Morgan fingerprint density at radius 3 is 2.25 bits per heavy atom. The van der Waals surface area contributed by atoms with Crippen molar-refractivity contribution in [2.75, 3.05) is 52.7 Å². The zero-order chi connectivity index (χ0) is 37.3. The molecule has 0 spiro atoms. The fraction of sp³-hybridized carbons (Fsp3) is 0.395. The molecule has 12 nitrogen and oxygen atoms in total. The molecule has 2 unspecified atom stereocenters. The average Bonchev–Trinajstić information content (AvgIpc) is 3.59. The minimum atomic E-state index is -1.29. The highest BCUT2D eigenvalue weighted by Crippen LogP contribution is 2.42. The molecule has 4 aliphatic rings. The summed E-state index contributed by atoms with van der Waals surface area (Å²) in [6.45, 7) is 3.35. The van der Waals surface area contributed by atoms with E-state index in [1.807, 2.05) is 53.4 Å². The molecule has 3 aromatic carbocycles. The molecule has 4 aliphatic heterocycles. The molecule has 0 saturated carbocycles. The first-order chi connectivity index (χ1) is 25.6. The fourth-order valence-electron chi connectivity index (χ4n) is 7.89. The third kappa shape index (κ3) is 7.29. The fourth-order valence-corrected chi connectivity index (χ4v) is 9.73. The second-order valence-electron chi connectivity index (χ2n) is 13.8. The van der Waals surface area contributed by atoms with Crippen LogP contribution in [-0.4, -0.2) is 109 Å². The van der Waals surface area contributed by atoms with Crippen molar-refractivity contribution in [1.82, 2.24) is 9.80 Å². The van der Waals surface area contributed by atoms with Gasteiger partial charge in [-0.15, -0.1) is 0 Å². The van der Waals surface area contributed by atoms with E-state index in [0.29, 0.717) is 47.5 Å². The predicted molar refractivity (Wildman–Crippen MR) is 200 cm³/mol. The molecule has 3 aromatic rings. The van der Waals surface area contributed by atoms with Crippen LogP contribution in [0.1, 0.15) is 40.7 Å². The number of ether oxygens (including phenoxy) is 4. The summed E-state index contributed by atoms with van der Waals surface area (Å²) in [7, 11) is 4.52. The highest BCUT2D eigenvalue weighted by molar-refractivity contribution is 7.92. The Bertz CT molecular complexity index is 1910. The largest absolute Gasteiger partial charge is 0.614 e. The number of carbonyl (C=O) groups is 3. The molecule has 2 amide bonds. The van der Waals surface area contributed by atoms with Gasteiger partial charge in [0, 0.05) is 12.8 Å². The maximum Gasteiger partial charge on any atom is 0.337 e. The van der Waals surface area contributed by atoms with E-state index in [1.165, 1.54) is 12.9 Å². The maximum absolute atomic E-state index is 14.3. The van der Waals surface area contributed by atoms with Crippen LogP contribution < -0.4 is 18.9 Å². The molecule has 3 saturated heterocycles. The van der Waals surface area contributed by atoms with E-state index in [9.17, 15) is 18.9 Å². The van der Waals surface area contributed by atoms with E-state index in [-0.39, 0.29) is 59.7 Å². The van der Waals surface area contributed by atoms with Crippen molar-refractivity contribution in [1.29, 1.82) is 0 Å². The number of β-lactam (4-membered cyclic amide) rings is 1. The van der Waals surface area contributed by atoms with Gasteiger partial charge in [0.2, 0.25) is 11.3 Å². The first kappa shape index (κ1) is 37.0. The SMILES string of the molecule is BOC(=O)C1=C(C[N+]23CCC[C@H]2CN(C(=O)c2ccc(OCc4ccc(OC)cc4)c(OCc4ccc(OC)cc4)c2Cl)CC3)C[S+]([O-])[C@@H]2CC(=O)N12. The van der Waals surface area contributed by atoms with Crippen LogP contribution in [0.4, 0.5) is 0 Å². The normalized spacial score (nSPS) is 23.5. The van der Waals surface area contributed by atoms with E-state index in [0.717, 1.165) is 42.0 Å². The zero-order valence-electron chi connectivity index (χ0n) is 30.0. The lowest BCUT2D eigenvalue weighted by molar-refractivity contribution is -0.938. The number of rotatable bonds is 12. The molecule has 0 N–H and O–H groups in total. The van der Waals surface area contributed by atoms with Crippen molar-refractivity contribution in [3.8, 4) is 23.0 Å². The second-order valence-corrected chi connectivity index (χ2v) is 15.8. The molecule has 15 heteroatoms. The number of hydrogen-bond acceptors (Lipinski definition) is 9. The summed E-state index contributed by atoms with van der Waals surface area (Å²) in [4.78, 5) is 43.0. The Morgan fingerprint density at radius 2 is 1.62 bits per heavy atom. The van der Waals surface area contributed by atoms with Crippen LogP contribution in [0.5, 0.6) is 23.0 Å². The smallest absolute Gasteiger partial charge is 0.337 e. The standard InChI is InChI=1S/C38H42BClN3O9S/c1-48-28-9-5-24(6-10-28)21-50-31-14-13-30(34(40)36(31)51-22-25-7-11-29(49-2)12-8-25)37(45)41-15-17-43(16-3-4-27(43)19-41)20-26-23-53(47)33-18-32(44)42(33)35(26)38(46)52-39/h5-14,27,33H,3-4,15-23,39H2,1-2H3/q+1/t27-,33+,43?,53?/m0/s1. The van der Waals surface area contributed by atoms with Crippen molar-refractivity contribution in [3.63, 3.8) is 0 Å². The van der Waals surface area contributed by atoms with Crippen LogP contribution in [0.3, 0.4) is 0 Å². The number of carbonyl (C=O) groups excluding carboxylic acids is 3. The highest BCUT2D eigenvalue weighted by Gasteiger charge is 2.55. The molecule has 0 aromatic heterocycles. The lowest BCUT2D eigenvalue weighted by Crippen LogP contribution is -2.66. The lowest BCUT2D eigenvalue weighted by Gasteiger charge is -2.49. The molecule has 0 bridgehead atoms. The molecular formula is C38H42BClN3O9S+. The van der Waals surface area contributed by atoms with Gasteiger partial charge in [-0.1, -0.05) is 35.9 Å². The number of nitrogens with zero attached hydrogens (tertiary/aromatic N) is 3. The van der Waals surface area contributed by atoms with E-state index in [1.54, 1.807) is 26.4 Å². The maximum atomic E-state index is 14.3. The first-order valence-electron chi connectivity index (χ1n) is 17.6. The number of halogens is 1. The molecule has 4 heterocycles. The molecular weight excluding hydrogens is 721 g/mol. The topological polar surface area (TPSA) is 127 Å². The summed E-state index contributed by atoms with van der Waals surface area (Å²) >= 11 is 5.75. The zero-order valence-corrected chi connectivity index (χ0v) is 31.6. The Hall–Kier alpha value is -4.37. The lowest BCUT2D eigenvalue weighted by atomic mass is 10.0. The van der Waals surface area contributed by atoms with Gasteiger partial charge < -0.3 is 37.5 Å². The summed E-state index contributed by atoms with van der Waals surface area (Å²) in [5.74, 6) is 1.38. The van der Waals surface area contributed by atoms with Crippen molar-refractivity contribution in [2.45, 2.75) is 43.9 Å². The Morgan fingerprint density at radius 1 is 0.962 bits per heavy atom. The Labute approximate surface area is 317 Å². The van der Waals surface area contributed by atoms with Gasteiger partial charge in [0.05, 0.1) is 63.0 Å². The first-order valence-corrected chi connectivity index (χ1v) is 19.4. The van der Waals surface area contributed by atoms with Gasteiger partial charge in [0.25, 0.3) is 5.91 Å². The number of methoxy groups -OCH3 is 2. The van der Waals surface area contributed by atoms with E-state index in [4.69, 9.17) is 35.2 Å². The molecule has 278 valence electrons. The van der Waals surface area contributed by atoms with Crippen LogP contribution in [0.25, 0.3) is 0 Å². The number of piperazine rings is 1. The number of hydrogen-bond donors (Lipinski definition) is 0. The number of amides is 2. The summed E-state index contributed by atoms with van der Waals surface area (Å²) in [6.07, 6.45) is 2.01. The quantitative estimate of drug-likeness (QED) is 0.118. The van der Waals surface area contributed by atoms with E-state index >= 15 is 0 Å². The van der Waals surface area contributed by atoms with E-state index < -0.39 is 22.5 Å². The van der Waals surface area contributed by atoms with Crippen molar-refractivity contribution in [2.24, 2.45) is 0 Å². The van der Waals surface area contributed by atoms with Gasteiger partial charge in [-0.3, -0.25) is 14.5 Å². The van der Waals surface area contributed by atoms with Gasteiger partial charge in [-0.05, 0) is 58.7 Å². The van der Waals surface area contributed by atoms with Crippen LogP contribution >= 0.6 is 11.6 Å². The number of fused-ring (bicyclic) bond motifs is 2. The minimum Gasteiger partial charge on any atom is -0.614 e. The third-order valence-electron chi connectivity index (χ3n) is 10.8. The Kier molecular flexibility index (Phi) is 10.8. The minimum absolute atomic E-state index is 0.0917.